The highest BCUT2D eigenvalue weighted by Crippen LogP contribution is 2.42. The molecule has 1 aromatic carbocycles. The average molecular weight is 389 g/mol. The van der Waals surface area contributed by atoms with Gasteiger partial charge in [0.05, 0.1) is 25.1 Å². The number of rotatable bonds is 5. The first-order chi connectivity index (χ1) is 13.1. The van der Waals surface area contributed by atoms with Crippen LogP contribution in [0.3, 0.4) is 0 Å². The Morgan fingerprint density at radius 3 is 2.52 bits per heavy atom. The SMILES string of the molecule is COc1ccc(C(c2sc3ncnn3c2O)N2CCN(C)CC2)cc1OC. The van der Waals surface area contributed by atoms with Crippen LogP contribution >= 0.6 is 11.3 Å². The fourth-order valence-electron chi connectivity index (χ4n) is 3.50. The van der Waals surface area contributed by atoms with Crippen LogP contribution in [0.15, 0.2) is 24.5 Å². The summed E-state index contributed by atoms with van der Waals surface area (Å²) in [6.07, 6.45) is 1.45. The quantitative estimate of drug-likeness (QED) is 0.714. The second kappa shape index (κ2) is 7.34. The molecule has 0 saturated carbocycles. The van der Waals surface area contributed by atoms with Crippen LogP contribution in [-0.2, 0) is 0 Å². The first kappa shape index (κ1) is 18.0. The second-order valence-corrected chi connectivity index (χ2v) is 7.61. The zero-order valence-corrected chi connectivity index (χ0v) is 16.4. The summed E-state index contributed by atoms with van der Waals surface area (Å²) in [5, 5.41) is 14.9. The Morgan fingerprint density at radius 1 is 1.11 bits per heavy atom. The molecule has 1 aliphatic rings. The van der Waals surface area contributed by atoms with Crippen LogP contribution in [0.4, 0.5) is 0 Å². The molecule has 1 aliphatic heterocycles. The summed E-state index contributed by atoms with van der Waals surface area (Å²) in [5.41, 5.74) is 1.04. The summed E-state index contributed by atoms with van der Waals surface area (Å²) in [4.78, 5) is 10.4. The summed E-state index contributed by atoms with van der Waals surface area (Å²) < 4.78 is 12.4. The monoisotopic (exact) mass is 389 g/mol. The van der Waals surface area contributed by atoms with E-state index in [1.54, 1.807) is 14.2 Å². The highest BCUT2D eigenvalue weighted by Gasteiger charge is 2.31. The second-order valence-electron chi connectivity index (χ2n) is 6.60. The van der Waals surface area contributed by atoms with Crippen LogP contribution in [0, 0.1) is 0 Å². The van der Waals surface area contributed by atoms with Crippen LogP contribution < -0.4 is 9.47 Å². The molecule has 1 fully saturated rings. The molecule has 0 radical (unpaired) electrons. The predicted octanol–water partition coefficient (Wildman–Crippen LogP) is 1.85. The van der Waals surface area contributed by atoms with E-state index in [0.29, 0.717) is 16.5 Å². The van der Waals surface area contributed by atoms with E-state index in [0.717, 1.165) is 36.6 Å². The molecule has 9 heteroatoms. The summed E-state index contributed by atoms with van der Waals surface area (Å²) >= 11 is 1.46. The van der Waals surface area contributed by atoms with Gasteiger partial charge in [0, 0.05) is 26.2 Å². The third-order valence-corrected chi connectivity index (χ3v) is 6.10. The maximum absolute atomic E-state index is 10.8. The molecule has 3 aromatic rings. The van der Waals surface area contributed by atoms with Crippen molar-refractivity contribution < 1.29 is 14.6 Å². The number of piperazine rings is 1. The number of likely N-dealkylation sites (N-methyl/N-ethyl adjacent to an activating group) is 1. The molecule has 1 saturated heterocycles. The van der Waals surface area contributed by atoms with E-state index < -0.39 is 0 Å². The van der Waals surface area contributed by atoms with Crippen LogP contribution in [0.1, 0.15) is 16.5 Å². The largest absolute Gasteiger partial charge is 0.493 e. The Bertz CT molecular complexity index is 932. The van der Waals surface area contributed by atoms with Gasteiger partial charge in [-0.2, -0.15) is 9.61 Å². The molecular weight excluding hydrogens is 366 g/mol. The van der Waals surface area contributed by atoms with Gasteiger partial charge in [0.1, 0.15) is 6.33 Å². The van der Waals surface area contributed by atoms with E-state index in [4.69, 9.17) is 9.47 Å². The predicted molar refractivity (Wildman–Crippen MR) is 103 cm³/mol. The topological polar surface area (TPSA) is 75.4 Å². The first-order valence-electron chi connectivity index (χ1n) is 8.78. The Labute approximate surface area is 161 Å². The van der Waals surface area contributed by atoms with Crippen molar-refractivity contribution in [3.63, 3.8) is 0 Å². The van der Waals surface area contributed by atoms with E-state index in [-0.39, 0.29) is 11.9 Å². The van der Waals surface area contributed by atoms with E-state index in [1.807, 2.05) is 18.2 Å². The standard InChI is InChI=1S/C18H23N5O3S/c1-21-6-8-22(9-7-21)15(12-4-5-13(25-2)14(10-12)26-3)16-17(24)23-18(27-16)19-11-20-23/h4-5,10-11,15,24H,6-9H2,1-3H3. The summed E-state index contributed by atoms with van der Waals surface area (Å²) in [6, 6.07) is 5.81. The van der Waals surface area contributed by atoms with Gasteiger partial charge in [0.2, 0.25) is 10.8 Å². The molecule has 1 N–H and O–H groups in total. The molecule has 144 valence electrons. The lowest BCUT2D eigenvalue weighted by Gasteiger charge is -2.37. The van der Waals surface area contributed by atoms with E-state index in [1.165, 1.54) is 22.2 Å². The minimum absolute atomic E-state index is 0.105. The highest BCUT2D eigenvalue weighted by atomic mass is 32.1. The molecule has 0 bridgehead atoms. The number of thiazole rings is 1. The van der Waals surface area contributed by atoms with Crippen molar-refractivity contribution in [3.8, 4) is 17.4 Å². The van der Waals surface area contributed by atoms with E-state index in [9.17, 15) is 5.11 Å². The molecular formula is C18H23N5O3S. The van der Waals surface area contributed by atoms with Crippen molar-refractivity contribution in [1.82, 2.24) is 24.4 Å². The number of aromatic nitrogens is 3. The van der Waals surface area contributed by atoms with Gasteiger partial charge in [-0.05, 0) is 24.7 Å². The number of benzene rings is 1. The molecule has 8 nitrogen and oxygen atoms in total. The zero-order chi connectivity index (χ0) is 19.0. The number of nitrogens with zero attached hydrogens (tertiary/aromatic N) is 5. The number of fused-ring (bicyclic) bond motifs is 1. The van der Waals surface area contributed by atoms with E-state index in [2.05, 4.69) is 26.9 Å². The van der Waals surface area contributed by atoms with Gasteiger partial charge in [0.25, 0.3) is 0 Å². The maximum atomic E-state index is 10.8. The number of methoxy groups -OCH3 is 2. The van der Waals surface area contributed by atoms with Crippen molar-refractivity contribution in [1.29, 1.82) is 0 Å². The van der Waals surface area contributed by atoms with Crippen LogP contribution in [0.25, 0.3) is 4.96 Å². The Hall–Kier alpha value is -2.36. The van der Waals surface area contributed by atoms with Gasteiger partial charge in [-0.25, -0.2) is 4.98 Å². The third-order valence-electron chi connectivity index (χ3n) is 5.01. The van der Waals surface area contributed by atoms with E-state index >= 15 is 0 Å². The lowest BCUT2D eigenvalue weighted by molar-refractivity contribution is 0.127. The Kier molecular flexibility index (Phi) is 4.90. The van der Waals surface area contributed by atoms with Crippen molar-refractivity contribution in [2.45, 2.75) is 6.04 Å². The molecule has 1 atom stereocenters. The lowest BCUT2D eigenvalue weighted by atomic mass is 10.0. The normalized spacial score (nSPS) is 17.3. The Morgan fingerprint density at radius 2 is 1.85 bits per heavy atom. The van der Waals surface area contributed by atoms with Crippen molar-refractivity contribution in [2.24, 2.45) is 0 Å². The van der Waals surface area contributed by atoms with Gasteiger partial charge < -0.3 is 19.5 Å². The first-order valence-corrected chi connectivity index (χ1v) is 9.60. The summed E-state index contributed by atoms with van der Waals surface area (Å²) in [7, 11) is 5.39. The fourth-order valence-corrected chi connectivity index (χ4v) is 4.59. The molecule has 2 aromatic heterocycles. The molecule has 27 heavy (non-hydrogen) atoms. The molecule has 3 heterocycles. The van der Waals surface area contributed by atoms with Gasteiger partial charge in [-0.1, -0.05) is 17.4 Å². The highest BCUT2D eigenvalue weighted by molar-refractivity contribution is 7.17. The van der Waals surface area contributed by atoms with Crippen LogP contribution in [0.5, 0.6) is 17.4 Å². The van der Waals surface area contributed by atoms with Gasteiger partial charge >= 0.3 is 0 Å². The van der Waals surface area contributed by atoms with Crippen LogP contribution in [0.2, 0.25) is 0 Å². The maximum Gasteiger partial charge on any atom is 0.230 e. The van der Waals surface area contributed by atoms with Gasteiger partial charge in [-0.15, -0.1) is 0 Å². The van der Waals surface area contributed by atoms with Gasteiger partial charge in [0.15, 0.2) is 11.5 Å². The van der Waals surface area contributed by atoms with Gasteiger partial charge in [-0.3, -0.25) is 4.90 Å². The molecule has 0 spiro atoms. The smallest absolute Gasteiger partial charge is 0.230 e. The number of hydrogen-bond acceptors (Lipinski definition) is 8. The summed E-state index contributed by atoms with van der Waals surface area (Å²) in [5.74, 6) is 1.50. The molecule has 4 rings (SSSR count). The summed E-state index contributed by atoms with van der Waals surface area (Å²) in [6.45, 7) is 3.77. The fraction of sp³-hybridized carbons (Fsp3) is 0.444. The molecule has 0 amide bonds. The van der Waals surface area contributed by atoms with Crippen molar-refractivity contribution in [3.05, 3.63) is 35.0 Å². The third kappa shape index (κ3) is 3.22. The zero-order valence-electron chi connectivity index (χ0n) is 15.6. The van der Waals surface area contributed by atoms with Crippen molar-refractivity contribution >= 4 is 16.3 Å². The minimum Gasteiger partial charge on any atom is -0.493 e. The lowest BCUT2D eigenvalue weighted by Crippen LogP contribution is -2.46. The molecule has 0 aliphatic carbocycles. The number of ether oxygens (including phenoxy) is 2. The average Bonchev–Trinajstić information content (AvgIpc) is 3.27. The minimum atomic E-state index is -0.105. The number of hydrogen-bond donors (Lipinski definition) is 1. The number of aromatic hydroxyl groups is 1. The van der Waals surface area contributed by atoms with Crippen LogP contribution in [-0.4, -0.2) is 77.0 Å². The Balaban J connectivity index is 1.81. The molecule has 1 unspecified atom stereocenters. The van der Waals surface area contributed by atoms with Crippen molar-refractivity contribution in [2.75, 3.05) is 47.4 Å².